The fraction of sp³-hybridized carbons (Fsp3) is 0.286. The third-order valence-corrected chi connectivity index (χ3v) is 7.67. The van der Waals surface area contributed by atoms with Crippen molar-refractivity contribution in [1.82, 2.24) is 10.2 Å². The van der Waals surface area contributed by atoms with E-state index in [4.69, 9.17) is 34.8 Å². The van der Waals surface area contributed by atoms with Gasteiger partial charge in [-0.2, -0.15) is 0 Å². The molecule has 0 radical (unpaired) electrons. The molecule has 0 aliphatic carbocycles. The Balaban J connectivity index is 1.86. The molecule has 3 aromatic carbocycles. The zero-order valence-electron chi connectivity index (χ0n) is 20.1. The number of amides is 2. The minimum Gasteiger partial charge on any atom is -0.354 e. The summed E-state index contributed by atoms with van der Waals surface area (Å²) < 4.78 is 0. The number of carbonyl (C=O) groups excluding carboxylic acids is 2. The Hall–Kier alpha value is -2.18. The minimum absolute atomic E-state index is 0.134. The van der Waals surface area contributed by atoms with Crippen molar-refractivity contribution in [3.05, 3.63) is 105 Å². The summed E-state index contributed by atoms with van der Waals surface area (Å²) in [4.78, 5) is 28.6. The van der Waals surface area contributed by atoms with Crippen LogP contribution < -0.4 is 5.32 Å². The quantitative estimate of drug-likeness (QED) is 0.257. The summed E-state index contributed by atoms with van der Waals surface area (Å²) in [6.45, 7) is 2.77. The third kappa shape index (κ3) is 8.45. The molecule has 0 fully saturated rings. The Kier molecular flexibility index (Phi) is 11.5. The topological polar surface area (TPSA) is 49.4 Å². The standard InChI is InChI=1S/C28H29Cl3N2O2S/c1-2-14-32-28(35)26(16-20-8-4-3-5-9-20)33(17-21-12-13-24(30)25(31)15-21)27(34)19-36-18-22-10-6-7-11-23(22)29/h3-13,15,26H,2,14,16-19H2,1H3,(H,32,35). The summed E-state index contributed by atoms with van der Waals surface area (Å²) in [5.41, 5.74) is 2.74. The van der Waals surface area contributed by atoms with Gasteiger partial charge in [-0.25, -0.2) is 0 Å². The van der Waals surface area contributed by atoms with Crippen molar-refractivity contribution in [3.8, 4) is 0 Å². The van der Waals surface area contributed by atoms with E-state index in [0.717, 1.165) is 23.1 Å². The lowest BCUT2D eigenvalue weighted by molar-refractivity contribution is -0.139. The molecule has 0 heterocycles. The summed E-state index contributed by atoms with van der Waals surface area (Å²) in [6.07, 6.45) is 1.21. The van der Waals surface area contributed by atoms with E-state index in [2.05, 4.69) is 5.32 Å². The highest BCUT2D eigenvalue weighted by Gasteiger charge is 2.30. The molecular formula is C28H29Cl3N2O2S. The molecule has 3 aromatic rings. The summed E-state index contributed by atoms with van der Waals surface area (Å²) in [6, 6.07) is 21.9. The van der Waals surface area contributed by atoms with Gasteiger partial charge in [-0.15, -0.1) is 11.8 Å². The smallest absolute Gasteiger partial charge is 0.243 e. The van der Waals surface area contributed by atoms with E-state index in [1.165, 1.54) is 11.8 Å². The number of nitrogens with zero attached hydrogens (tertiary/aromatic N) is 1. The summed E-state index contributed by atoms with van der Waals surface area (Å²) in [5.74, 6) is 0.493. The molecule has 190 valence electrons. The van der Waals surface area contributed by atoms with E-state index >= 15 is 0 Å². The SMILES string of the molecule is CCCNC(=O)C(Cc1ccccc1)N(Cc1ccc(Cl)c(Cl)c1)C(=O)CSCc1ccccc1Cl. The van der Waals surface area contributed by atoms with Crippen LogP contribution in [0.3, 0.4) is 0 Å². The van der Waals surface area contributed by atoms with Gasteiger partial charge in [0, 0.05) is 30.3 Å². The van der Waals surface area contributed by atoms with Gasteiger partial charge in [0.25, 0.3) is 0 Å². The van der Waals surface area contributed by atoms with Crippen LogP contribution in [0.4, 0.5) is 0 Å². The zero-order valence-corrected chi connectivity index (χ0v) is 23.1. The largest absolute Gasteiger partial charge is 0.354 e. The van der Waals surface area contributed by atoms with E-state index in [-0.39, 0.29) is 24.1 Å². The number of hydrogen-bond donors (Lipinski definition) is 1. The molecule has 36 heavy (non-hydrogen) atoms. The average molecular weight is 564 g/mol. The number of rotatable bonds is 12. The van der Waals surface area contributed by atoms with Crippen LogP contribution in [-0.4, -0.2) is 35.1 Å². The Morgan fingerprint density at radius 2 is 1.61 bits per heavy atom. The number of hydrogen-bond acceptors (Lipinski definition) is 3. The first-order chi connectivity index (χ1) is 17.4. The molecule has 4 nitrogen and oxygen atoms in total. The first-order valence-corrected chi connectivity index (χ1v) is 14.0. The van der Waals surface area contributed by atoms with Gasteiger partial charge >= 0.3 is 0 Å². The number of halogens is 3. The second-order valence-corrected chi connectivity index (χ2v) is 10.6. The van der Waals surface area contributed by atoms with E-state index in [9.17, 15) is 9.59 Å². The van der Waals surface area contributed by atoms with E-state index in [1.54, 1.807) is 17.0 Å². The monoisotopic (exact) mass is 562 g/mol. The highest BCUT2D eigenvalue weighted by Crippen LogP contribution is 2.25. The lowest BCUT2D eigenvalue weighted by Gasteiger charge is -2.31. The predicted octanol–water partition coefficient (Wildman–Crippen LogP) is 7.05. The van der Waals surface area contributed by atoms with Crippen molar-refractivity contribution in [2.75, 3.05) is 12.3 Å². The van der Waals surface area contributed by atoms with Crippen LogP contribution in [0.1, 0.15) is 30.0 Å². The van der Waals surface area contributed by atoms with Crippen LogP contribution in [0.25, 0.3) is 0 Å². The molecular weight excluding hydrogens is 535 g/mol. The maximum absolute atomic E-state index is 13.6. The van der Waals surface area contributed by atoms with Crippen LogP contribution in [0.2, 0.25) is 15.1 Å². The van der Waals surface area contributed by atoms with Gasteiger partial charge in [0.1, 0.15) is 6.04 Å². The van der Waals surface area contributed by atoms with Crippen molar-refractivity contribution < 1.29 is 9.59 Å². The van der Waals surface area contributed by atoms with E-state index in [1.807, 2.05) is 67.6 Å². The molecule has 0 aliphatic rings. The van der Waals surface area contributed by atoms with Gasteiger partial charge in [0.2, 0.25) is 11.8 Å². The summed E-state index contributed by atoms with van der Waals surface area (Å²) in [5, 5.41) is 4.50. The molecule has 1 atom stereocenters. The van der Waals surface area contributed by atoms with E-state index < -0.39 is 6.04 Å². The normalized spacial score (nSPS) is 11.7. The Morgan fingerprint density at radius 1 is 0.889 bits per heavy atom. The second kappa shape index (κ2) is 14.5. The molecule has 0 spiro atoms. The average Bonchev–Trinajstić information content (AvgIpc) is 2.88. The first-order valence-electron chi connectivity index (χ1n) is 11.7. The highest BCUT2D eigenvalue weighted by molar-refractivity contribution is 7.99. The fourth-order valence-corrected chi connectivity index (χ4v) is 5.22. The van der Waals surface area contributed by atoms with Crippen molar-refractivity contribution in [2.24, 2.45) is 0 Å². The maximum Gasteiger partial charge on any atom is 0.243 e. The molecule has 0 bridgehead atoms. The van der Waals surface area contributed by atoms with Gasteiger partial charge in [-0.05, 0) is 41.3 Å². The van der Waals surface area contributed by atoms with Crippen molar-refractivity contribution >= 4 is 58.4 Å². The molecule has 3 rings (SSSR count). The molecule has 0 aliphatic heterocycles. The van der Waals surface area contributed by atoms with Crippen LogP contribution in [0, 0.1) is 0 Å². The molecule has 1 N–H and O–H groups in total. The molecule has 0 aromatic heterocycles. The maximum atomic E-state index is 13.6. The lowest BCUT2D eigenvalue weighted by Crippen LogP contribution is -2.51. The van der Waals surface area contributed by atoms with Crippen molar-refractivity contribution in [3.63, 3.8) is 0 Å². The Labute approximate surface area is 232 Å². The van der Waals surface area contributed by atoms with Gasteiger partial charge in [-0.3, -0.25) is 9.59 Å². The lowest BCUT2D eigenvalue weighted by atomic mass is 10.0. The Morgan fingerprint density at radius 3 is 2.31 bits per heavy atom. The second-order valence-electron chi connectivity index (χ2n) is 8.35. The molecule has 0 saturated carbocycles. The first kappa shape index (κ1) is 28.4. The van der Waals surface area contributed by atoms with Crippen LogP contribution >= 0.6 is 46.6 Å². The minimum atomic E-state index is -0.679. The van der Waals surface area contributed by atoms with Crippen LogP contribution in [0.15, 0.2) is 72.8 Å². The van der Waals surface area contributed by atoms with Crippen LogP contribution in [-0.2, 0) is 28.3 Å². The van der Waals surface area contributed by atoms with Crippen molar-refractivity contribution in [2.45, 2.75) is 38.1 Å². The number of thioether (sulfide) groups is 1. The highest BCUT2D eigenvalue weighted by atomic mass is 35.5. The number of carbonyl (C=O) groups is 2. The number of benzene rings is 3. The van der Waals surface area contributed by atoms with Gasteiger partial charge in [-0.1, -0.05) is 96.3 Å². The van der Waals surface area contributed by atoms with Gasteiger partial charge < -0.3 is 10.2 Å². The fourth-order valence-electron chi connectivity index (χ4n) is 3.70. The molecule has 0 saturated heterocycles. The third-order valence-electron chi connectivity index (χ3n) is 5.60. The van der Waals surface area contributed by atoms with Gasteiger partial charge in [0.05, 0.1) is 15.8 Å². The number of nitrogens with one attached hydrogen (secondary N) is 1. The molecule has 1 unspecified atom stereocenters. The molecule has 8 heteroatoms. The summed E-state index contributed by atoms with van der Waals surface area (Å²) in [7, 11) is 0. The summed E-state index contributed by atoms with van der Waals surface area (Å²) >= 11 is 20.1. The zero-order chi connectivity index (χ0) is 25.9. The van der Waals surface area contributed by atoms with Crippen LogP contribution in [0.5, 0.6) is 0 Å². The van der Waals surface area contributed by atoms with Crippen molar-refractivity contribution in [1.29, 1.82) is 0 Å². The van der Waals surface area contributed by atoms with Gasteiger partial charge in [0.15, 0.2) is 0 Å². The predicted molar refractivity (Wildman–Crippen MR) is 152 cm³/mol. The van der Waals surface area contributed by atoms with E-state index in [0.29, 0.717) is 33.8 Å². The Bertz CT molecular complexity index is 1160. The molecule has 2 amide bonds.